The van der Waals surface area contributed by atoms with Gasteiger partial charge in [-0.2, -0.15) is 4.98 Å². The van der Waals surface area contributed by atoms with Crippen LogP contribution in [0.5, 0.6) is 0 Å². The molecule has 2 aliphatic rings. The minimum atomic E-state index is -0.254. The maximum absolute atomic E-state index is 11.6. The van der Waals surface area contributed by atoms with Crippen LogP contribution in [0.15, 0.2) is 61.3 Å². The lowest BCUT2D eigenvalue weighted by Gasteiger charge is -2.47. The van der Waals surface area contributed by atoms with Crippen LogP contribution >= 0.6 is 0 Å². The summed E-state index contributed by atoms with van der Waals surface area (Å²) in [7, 11) is 0. The molecular weight excluding hydrogens is 440 g/mol. The molecule has 1 amide bonds. The van der Waals surface area contributed by atoms with E-state index in [4.69, 9.17) is 4.74 Å². The zero-order valence-electron chi connectivity index (χ0n) is 20.0. The van der Waals surface area contributed by atoms with Crippen LogP contribution in [0.25, 0.3) is 0 Å². The summed E-state index contributed by atoms with van der Waals surface area (Å²) >= 11 is 0. The molecule has 3 aromatic rings. The molecule has 0 bridgehead atoms. The van der Waals surface area contributed by atoms with Crippen LogP contribution in [0.2, 0.25) is 0 Å². The van der Waals surface area contributed by atoms with Gasteiger partial charge in [0.2, 0.25) is 11.9 Å². The van der Waals surface area contributed by atoms with E-state index in [9.17, 15) is 4.79 Å². The van der Waals surface area contributed by atoms with Gasteiger partial charge in [-0.05, 0) is 55.3 Å². The van der Waals surface area contributed by atoms with Crippen molar-refractivity contribution in [3.05, 3.63) is 78.0 Å². The molecule has 2 aromatic carbocycles. The van der Waals surface area contributed by atoms with Gasteiger partial charge < -0.3 is 20.7 Å². The van der Waals surface area contributed by atoms with Gasteiger partial charge >= 0.3 is 0 Å². The third-order valence-electron chi connectivity index (χ3n) is 6.56. The minimum absolute atomic E-state index is 0.254. The van der Waals surface area contributed by atoms with Crippen molar-refractivity contribution >= 4 is 34.7 Å². The highest BCUT2D eigenvalue weighted by atomic mass is 16.5. The Bertz CT molecular complexity index is 1250. The summed E-state index contributed by atoms with van der Waals surface area (Å²) in [6.45, 7) is 11.5. The van der Waals surface area contributed by atoms with Crippen molar-refractivity contribution in [1.29, 1.82) is 0 Å². The predicted molar refractivity (Wildman–Crippen MR) is 139 cm³/mol. The van der Waals surface area contributed by atoms with Crippen LogP contribution in [0.3, 0.4) is 0 Å². The Labute approximate surface area is 205 Å². The molecule has 2 saturated heterocycles. The van der Waals surface area contributed by atoms with Gasteiger partial charge in [0.05, 0.1) is 19.3 Å². The van der Waals surface area contributed by atoms with E-state index in [0.717, 1.165) is 48.8 Å². The highest BCUT2D eigenvalue weighted by Crippen LogP contribution is 2.33. The number of aromatic nitrogens is 2. The number of carbonyl (C=O) groups excluding carboxylic acids is 1. The zero-order chi connectivity index (χ0) is 24.4. The van der Waals surface area contributed by atoms with Crippen LogP contribution in [-0.2, 0) is 9.53 Å². The molecule has 0 unspecified atom stereocenters. The highest BCUT2D eigenvalue weighted by molar-refractivity contribution is 5.99. The van der Waals surface area contributed by atoms with Crippen molar-refractivity contribution in [3.63, 3.8) is 0 Å². The lowest BCUT2D eigenvalue weighted by molar-refractivity contribution is -0.111. The minimum Gasteiger partial charge on any atom is -0.378 e. The van der Waals surface area contributed by atoms with Crippen molar-refractivity contribution < 1.29 is 9.53 Å². The molecule has 3 N–H and O–H groups in total. The highest BCUT2D eigenvalue weighted by Gasteiger charge is 2.36. The second-order valence-corrected chi connectivity index (χ2v) is 9.17. The Morgan fingerprint density at radius 3 is 2.60 bits per heavy atom. The van der Waals surface area contributed by atoms with Crippen molar-refractivity contribution in [3.8, 4) is 0 Å². The van der Waals surface area contributed by atoms with Crippen LogP contribution in [0.1, 0.15) is 22.6 Å². The topological polar surface area (TPSA) is 91.4 Å². The number of hydrogen-bond donors (Lipinski definition) is 3. The Morgan fingerprint density at radius 2 is 1.89 bits per heavy atom. The van der Waals surface area contributed by atoms with E-state index in [0.29, 0.717) is 29.4 Å². The van der Waals surface area contributed by atoms with E-state index in [2.05, 4.69) is 62.5 Å². The first-order chi connectivity index (χ1) is 17.0. The summed E-state index contributed by atoms with van der Waals surface area (Å²) in [4.78, 5) is 23.3. The number of nitrogens with zero attached hydrogens (tertiary/aromatic N) is 3. The quantitative estimate of drug-likeness (QED) is 0.418. The van der Waals surface area contributed by atoms with Gasteiger partial charge in [0, 0.05) is 47.8 Å². The molecule has 180 valence electrons. The number of hydrogen-bond acceptors (Lipinski definition) is 7. The number of likely N-dealkylation sites (tertiary alicyclic amines) is 1. The second kappa shape index (κ2) is 9.85. The number of rotatable bonds is 8. The SMILES string of the molecule is C=CC(=O)Nc1cccc(Nc2nc(Nc3ccc(C4CN(C5COC5)C4)cc3C)ncc2C)c1. The van der Waals surface area contributed by atoms with E-state index < -0.39 is 0 Å². The molecule has 0 aliphatic carbocycles. The Morgan fingerprint density at radius 1 is 1.09 bits per heavy atom. The molecule has 35 heavy (non-hydrogen) atoms. The number of nitrogens with one attached hydrogen (secondary N) is 3. The average Bonchev–Trinajstić information content (AvgIpc) is 2.78. The van der Waals surface area contributed by atoms with Gasteiger partial charge in [-0.1, -0.05) is 24.8 Å². The number of anilines is 5. The van der Waals surface area contributed by atoms with Crippen molar-refractivity contribution in [2.24, 2.45) is 0 Å². The first-order valence-electron chi connectivity index (χ1n) is 11.8. The Hall–Kier alpha value is -3.75. The first-order valence-corrected chi connectivity index (χ1v) is 11.8. The normalized spacial score (nSPS) is 16.2. The standard InChI is InChI=1S/C27H30N6O2/c1-4-25(34)29-21-6-5-7-22(11-21)30-26-18(3)12-28-27(32-26)31-24-9-8-19(10-17(24)2)20-13-33(14-20)23-15-35-16-23/h4-12,20,23H,1,13-16H2,2-3H3,(H,29,34)(H2,28,30,31,32). The largest absolute Gasteiger partial charge is 0.378 e. The molecule has 0 spiro atoms. The number of ether oxygens (including phenoxy) is 1. The molecule has 5 rings (SSSR count). The van der Waals surface area contributed by atoms with Gasteiger partial charge in [0.1, 0.15) is 5.82 Å². The first kappa shape index (κ1) is 23.0. The maximum Gasteiger partial charge on any atom is 0.247 e. The molecule has 0 saturated carbocycles. The van der Waals surface area contributed by atoms with Crippen LogP contribution < -0.4 is 16.0 Å². The van der Waals surface area contributed by atoms with Gasteiger partial charge in [-0.15, -0.1) is 0 Å². The number of benzene rings is 2. The van der Waals surface area contributed by atoms with Crippen LogP contribution in [0.4, 0.5) is 28.8 Å². The number of aryl methyl sites for hydroxylation is 2. The molecular formula is C27H30N6O2. The second-order valence-electron chi connectivity index (χ2n) is 9.17. The van der Waals surface area contributed by atoms with Crippen LogP contribution in [-0.4, -0.2) is 53.1 Å². The third-order valence-corrected chi connectivity index (χ3v) is 6.56. The molecule has 0 atom stereocenters. The van der Waals surface area contributed by atoms with E-state index in [-0.39, 0.29) is 5.91 Å². The molecule has 8 nitrogen and oxygen atoms in total. The smallest absolute Gasteiger partial charge is 0.247 e. The number of amides is 1. The van der Waals surface area contributed by atoms with Gasteiger partial charge in [-0.25, -0.2) is 4.98 Å². The lowest BCUT2D eigenvalue weighted by atomic mass is 9.88. The van der Waals surface area contributed by atoms with E-state index >= 15 is 0 Å². The summed E-state index contributed by atoms with van der Waals surface area (Å²) in [5.41, 5.74) is 5.92. The molecule has 2 aliphatic heterocycles. The fourth-order valence-electron chi connectivity index (χ4n) is 4.29. The summed E-state index contributed by atoms with van der Waals surface area (Å²) in [5, 5.41) is 9.45. The Kier molecular flexibility index (Phi) is 6.48. The summed E-state index contributed by atoms with van der Waals surface area (Å²) in [5.74, 6) is 1.54. The third kappa shape index (κ3) is 5.18. The average molecular weight is 471 g/mol. The summed E-state index contributed by atoms with van der Waals surface area (Å²) in [6.07, 6.45) is 3.03. The monoisotopic (exact) mass is 470 g/mol. The fraction of sp³-hybridized carbons (Fsp3) is 0.296. The summed E-state index contributed by atoms with van der Waals surface area (Å²) < 4.78 is 5.31. The van der Waals surface area contributed by atoms with E-state index in [1.54, 1.807) is 6.20 Å². The fourth-order valence-corrected chi connectivity index (χ4v) is 4.29. The lowest BCUT2D eigenvalue weighted by Crippen LogP contribution is -2.58. The van der Waals surface area contributed by atoms with Gasteiger partial charge in [0.25, 0.3) is 0 Å². The Balaban J connectivity index is 1.25. The van der Waals surface area contributed by atoms with Crippen LogP contribution in [0, 0.1) is 13.8 Å². The van der Waals surface area contributed by atoms with E-state index in [1.165, 1.54) is 11.6 Å². The van der Waals surface area contributed by atoms with E-state index in [1.807, 2.05) is 31.2 Å². The van der Waals surface area contributed by atoms with Crippen molar-refractivity contribution in [2.45, 2.75) is 25.8 Å². The molecule has 1 aromatic heterocycles. The van der Waals surface area contributed by atoms with Crippen molar-refractivity contribution in [2.75, 3.05) is 42.3 Å². The molecule has 0 radical (unpaired) electrons. The predicted octanol–water partition coefficient (Wildman–Crippen LogP) is 4.50. The summed E-state index contributed by atoms with van der Waals surface area (Å²) in [6, 6.07) is 14.6. The number of carbonyl (C=O) groups is 1. The molecule has 2 fully saturated rings. The maximum atomic E-state index is 11.6. The van der Waals surface area contributed by atoms with Crippen molar-refractivity contribution in [1.82, 2.24) is 14.9 Å². The van der Waals surface area contributed by atoms with Gasteiger partial charge in [-0.3, -0.25) is 9.69 Å². The zero-order valence-corrected chi connectivity index (χ0v) is 20.0. The van der Waals surface area contributed by atoms with Gasteiger partial charge in [0.15, 0.2) is 0 Å². The molecule has 3 heterocycles. The molecule has 8 heteroatoms.